The van der Waals surface area contributed by atoms with Crippen LogP contribution in [0.5, 0.6) is 0 Å². The predicted molar refractivity (Wildman–Crippen MR) is 78.0 cm³/mol. The standard InChI is InChI=1S/C14H22N2O3S/c1-2-15-10-12-5-7-14(8-6-12)20(17,18)16-11-13-4-3-9-19-13/h5-8,13,15-16H,2-4,9-11H2,1H3. The topological polar surface area (TPSA) is 67.4 Å². The van der Waals surface area contributed by atoms with Gasteiger partial charge in [0.2, 0.25) is 10.0 Å². The molecule has 0 spiro atoms. The molecule has 0 radical (unpaired) electrons. The van der Waals surface area contributed by atoms with Crippen LogP contribution in [0.3, 0.4) is 0 Å². The molecular weight excluding hydrogens is 276 g/mol. The molecule has 112 valence electrons. The Balaban J connectivity index is 1.94. The van der Waals surface area contributed by atoms with E-state index in [1.807, 2.05) is 19.1 Å². The Morgan fingerprint density at radius 1 is 1.30 bits per heavy atom. The monoisotopic (exact) mass is 298 g/mol. The number of nitrogens with one attached hydrogen (secondary N) is 2. The van der Waals surface area contributed by atoms with Crippen molar-refractivity contribution < 1.29 is 13.2 Å². The Morgan fingerprint density at radius 2 is 2.05 bits per heavy atom. The van der Waals surface area contributed by atoms with Crippen LogP contribution in [0.2, 0.25) is 0 Å². The quantitative estimate of drug-likeness (QED) is 0.795. The number of hydrogen-bond acceptors (Lipinski definition) is 4. The summed E-state index contributed by atoms with van der Waals surface area (Å²) >= 11 is 0. The molecule has 0 aromatic heterocycles. The number of sulfonamides is 1. The second kappa shape index (κ2) is 7.17. The number of rotatable bonds is 7. The molecular formula is C14H22N2O3S. The van der Waals surface area contributed by atoms with E-state index >= 15 is 0 Å². The van der Waals surface area contributed by atoms with Gasteiger partial charge < -0.3 is 10.1 Å². The molecule has 1 atom stereocenters. The van der Waals surface area contributed by atoms with Crippen molar-refractivity contribution in [2.75, 3.05) is 19.7 Å². The molecule has 1 heterocycles. The van der Waals surface area contributed by atoms with E-state index in [0.29, 0.717) is 11.4 Å². The summed E-state index contributed by atoms with van der Waals surface area (Å²) in [5, 5.41) is 3.20. The zero-order chi connectivity index (χ0) is 14.4. The van der Waals surface area contributed by atoms with Crippen LogP contribution in [-0.4, -0.2) is 34.2 Å². The molecule has 0 bridgehead atoms. The van der Waals surface area contributed by atoms with Crippen LogP contribution in [0.1, 0.15) is 25.3 Å². The maximum atomic E-state index is 12.1. The lowest BCUT2D eigenvalue weighted by Crippen LogP contribution is -2.31. The summed E-state index contributed by atoms with van der Waals surface area (Å²) in [5.74, 6) is 0. The summed E-state index contributed by atoms with van der Waals surface area (Å²) in [7, 11) is -3.44. The highest BCUT2D eigenvalue weighted by molar-refractivity contribution is 7.89. The fraction of sp³-hybridized carbons (Fsp3) is 0.571. The highest BCUT2D eigenvalue weighted by atomic mass is 32.2. The Kier molecular flexibility index (Phi) is 5.54. The Morgan fingerprint density at radius 3 is 2.65 bits per heavy atom. The molecule has 0 saturated carbocycles. The zero-order valence-corrected chi connectivity index (χ0v) is 12.6. The maximum Gasteiger partial charge on any atom is 0.240 e. The molecule has 1 unspecified atom stereocenters. The summed E-state index contributed by atoms with van der Waals surface area (Å²) in [6, 6.07) is 6.96. The lowest BCUT2D eigenvalue weighted by Gasteiger charge is -2.11. The van der Waals surface area contributed by atoms with E-state index in [1.165, 1.54) is 0 Å². The van der Waals surface area contributed by atoms with Crippen molar-refractivity contribution in [1.29, 1.82) is 0 Å². The van der Waals surface area contributed by atoms with E-state index < -0.39 is 10.0 Å². The zero-order valence-electron chi connectivity index (χ0n) is 11.8. The first-order chi connectivity index (χ1) is 9.62. The normalized spacial score (nSPS) is 19.4. The first kappa shape index (κ1) is 15.4. The van der Waals surface area contributed by atoms with Crippen LogP contribution in [0.15, 0.2) is 29.2 Å². The molecule has 0 aliphatic carbocycles. The SMILES string of the molecule is CCNCc1ccc(S(=O)(=O)NCC2CCCO2)cc1. The van der Waals surface area contributed by atoms with Crippen molar-refractivity contribution in [3.05, 3.63) is 29.8 Å². The lowest BCUT2D eigenvalue weighted by atomic mass is 10.2. The molecule has 1 aliphatic heterocycles. The third kappa shape index (κ3) is 4.28. The minimum absolute atomic E-state index is 0.0119. The second-order valence-electron chi connectivity index (χ2n) is 4.91. The third-order valence-corrected chi connectivity index (χ3v) is 4.78. The number of hydrogen-bond donors (Lipinski definition) is 2. The third-order valence-electron chi connectivity index (χ3n) is 3.34. The minimum atomic E-state index is -3.44. The van der Waals surface area contributed by atoms with Gasteiger partial charge in [-0.05, 0) is 37.1 Å². The highest BCUT2D eigenvalue weighted by Gasteiger charge is 2.20. The highest BCUT2D eigenvalue weighted by Crippen LogP contribution is 2.14. The van der Waals surface area contributed by atoms with Gasteiger partial charge in [0.1, 0.15) is 0 Å². The molecule has 2 rings (SSSR count). The van der Waals surface area contributed by atoms with E-state index in [4.69, 9.17) is 4.74 Å². The molecule has 20 heavy (non-hydrogen) atoms. The molecule has 1 aliphatic rings. The Bertz CT molecular complexity index is 508. The van der Waals surface area contributed by atoms with Crippen LogP contribution in [0.25, 0.3) is 0 Å². The van der Waals surface area contributed by atoms with Crippen LogP contribution in [0.4, 0.5) is 0 Å². The van der Waals surface area contributed by atoms with Crippen molar-refractivity contribution in [1.82, 2.24) is 10.0 Å². The molecule has 6 heteroatoms. The maximum absolute atomic E-state index is 12.1. The van der Waals surface area contributed by atoms with Gasteiger partial charge in [0, 0.05) is 19.7 Å². The molecule has 0 amide bonds. The van der Waals surface area contributed by atoms with Crippen LogP contribution in [-0.2, 0) is 21.3 Å². The molecule has 1 aromatic rings. The lowest BCUT2D eigenvalue weighted by molar-refractivity contribution is 0.114. The van der Waals surface area contributed by atoms with Crippen LogP contribution >= 0.6 is 0 Å². The van der Waals surface area contributed by atoms with Crippen LogP contribution < -0.4 is 10.0 Å². The van der Waals surface area contributed by atoms with Gasteiger partial charge in [0.25, 0.3) is 0 Å². The number of benzene rings is 1. The summed E-state index contributed by atoms with van der Waals surface area (Å²) in [5.41, 5.74) is 1.07. The van der Waals surface area contributed by atoms with Gasteiger partial charge in [-0.25, -0.2) is 13.1 Å². The van der Waals surface area contributed by atoms with E-state index in [0.717, 1.165) is 38.1 Å². The minimum Gasteiger partial charge on any atom is -0.377 e. The second-order valence-corrected chi connectivity index (χ2v) is 6.68. The first-order valence-electron chi connectivity index (χ1n) is 7.03. The predicted octanol–water partition coefficient (Wildman–Crippen LogP) is 1.25. The smallest absolute Gasteiger partial charge is 0.240 e. The van der Waals surface area contributed by atoms with Crippen molar-refractivity contribution in [3.8, 4) is 0 Å². The van der Waals surface area contributed by atoms with Crippen molar-refractivity contribution in [2.45, 2.75) is 37.3 Å². The fourth-order valence-corrected chi connectivity index (χ4v) is 3.21. The Hall–Kier alpha value is -0.950. The van der Waals surface area contributed by atoms with Gasteiger partial charge in [-0.3, -0.25) is 0 Å². The summed E-state index contributed by atoms with van der Waals surface area (Å²) < 4.78 is 32.3. The molecule has 1 aromatic carbocycles. The van der Waals surface area contributed by atoms with Gasteiger partial charge in [-0.15, -0.1) is 0 Å². The largest absolute Gasteiger partial charge is 0.377 e. The van der Waals surface area contributed by atoms with E-state index in [2.05, 4.69) is 10.0 Å². The fourth-order valence-electron chi connectivity index (χ4n) is 2.15. The van der Waals surface area contributed by atoms with E-state index in [-0.39, 0.29) is 6.10 Å². The molecule has 5 nitrogen and oxygen atoms in total. The average Bonchev–Trinajstić information content (AvgIpc) is 2.97. The van der Waals surface area contributed by atoms with E-state index in [1.54, 1.807) is 12.1 Å². The number of ether oxygens (including phenoxy) is 1. The van der Waals surface area contributed by atoms with Crippen molar-refractivity contribution >= 4 is 10.0 Å². The summed E-state index contributed by atoms with van der Waals surface area (Å²) in [4.78, 5) is 0.302. The van der Waals surface area contributed by atoms with Crippen molar-refractivity contribution in [2.24, 2.45) is 0 Å². The first-order valence-corrected chi connectivity index (χ1v) is 8.51. The summed E-state index contributed by atoms with van der Waals surface area (Å²) in [6.45, 7) is 4.75. The van der Waals surface area contributed by atoms with Crippen molar-refractivity contribution in [3.63, 3.8) is 0 Å². The molecule has 2 N–H and O–H groups in total. The van der Waals surface area contributed by atoms with Gasteiger partial charge in [-0.2, -0.15) is 0 Å². The van der Waals surface area contributed by atoms with Gasteiger partial charge in [-0.1, -0.05) is 19.1 Å². The molecule has 1 saturated heterocycles. The Labute approximate surface area is 120 Å². The van der Waals surface area contributed by atoms with Gasteiger partial charge >= 0.3 is 0 Å². The van der Waals surface area contributed by atoms with Gasteiger partial charge in [0.05, 0.1) is 11.0 Å². The average molecular weight is 298 g/mol. The summed E-state index contributed by atoms with van der Waals surface area (Å²) in [6.07, 6.45) is 1.94. The van der Waals surface area contributed by atoms with Gasteiger partial charge in [0.15, 0.2) is 0 Å². The molecule has 1 fully saturated rings. The van der Waals surface area contributed by atoms with Crippen LogP contribution in [0, 0.1) is 0 Å². The van der Waals surface area contributed by atoms with E-state index in [9.17, 15) is 8.42 Å².